The number of piperidine rings is 1. The number of nitrogens with zero attached hydrogens (tertiary/aromatic N) is 2. The maximum Gasteiger partial charge on any atom is 0.289 e. The van der Waals surface area contributed by atoms with Gasteiger partial charge in [0.2, 0.25) is 11.8 Å². The number of thioether (sulfide) groups is 1. The van der Waals surface area contributed by atoms with Crippen LogP contribution in [0.1, 0.15) is 30.4 Å². The second-order valence-electron chi connectivity index (χ2n) is 6.51. The first-order valence-electron chi connectivity index (χ1n) is 8.47. The number of carbonyl (C=O) groups excluding carboxylic acids is 3. The molecule has 2 aliphatic rings. The topological polar surface area (TPSA) is 57.7 Å². The molecule has 0 saturated carbocycles. The third-order valence-corrected chi connectivity index (χ3v) is 5.67. The number of likely N-dealkylation sites (tertiary alicyclic amines) is 1. The van der Waals surface area contributed by atoms with Gasteiger partial charge < -0.3 is 4.90 Å². The summed E-state index contributed by atoms with van der Waals surface area (Å²) < 4.78 is 13.6. The lowest BCUT2D eigenvalue weighted by Crippen LogP contribution is -2.48. The summed E-state index contributed by atoms with van der Waals surface area (Å²) in [7, 11) is 0. The Hall–Kier alpha value is -1.89. The van der Waals surface area contributed by atoms with Gasteiger partial charge >= 0.3 is 0 Å². The van der Waals surface area contributed by atoms with E-state index in [1.54, 1.807) is 17.9 Å². The molecule has 0 radical (unpaired) electrons. The summed E-state index contributed by atoms with van der Waals surface area (Å²) in [5.74, 6) is -0.108. The molecule has 2 fully saturated rings. The zero-order chi connectivity index (χ0) is 18.0. The largest absolute Gasteiger partial charge is 0.343 e. The van der Waals surface area contributed by atoms with E-state index in [1.807, 2.05) is 6.07 Å². The van der Waals surface area contributed by atoms with Crippen molar-refractivity contribution in [3.05, 3.63) is 35.1 Å². The molecule has 2 heterocycles. The standard InChI is InChI=1S/C18H21FN2O3S/c1-12-2-3-13(10-15(12)19)4-5-16(22)20-8-6-14(7-9-20)21-17(23)11-25-18(21)24/h2-3,10,14H,4-9,11H2,1H3. The van der Waals surface area contributed by atoms with E-state index in [4.69, 9.17) is 0 Å². The smallest absolute Gasteiger partial charge is 0.289 e. The summed E-state index contributed by atoms with van der Waals surface area (Å²) in [6.07, 6.45) is 2.10. The van der Waals surface area contributed by atoms with Crippen molar-refractivity contribution in [2.24, 2.45) is 0 Å². The first-order chi connectivity index (χ1) is 12.0. The highest BCUT2D eigenvalue weighted by atomic mass is 32.2. The van der Waals surface area contributed by atoms with Gasteiger partial charge in [0.1, 0.15) is 5.82 Å². The fourth-order valence-electron chi connectivity index (χ4n) is 3.29. The van der Waals surface area contributed by atoms with Crippen molar-refractivity contribution in [1.82, 2.24) is 9.80 Å². The van der Waals surface area contributed by atoms with E-state index in [-0.39, 0.29) is 34.7 Å². The van der Waals surface area contributed by atoms with Crippen LogP contribution in [-0.4, -0.2) is 51.7 Å². The van der Waals surface area contributed by atoms with E-state index in [9.17, 15) is 18.8 Å². The van der Waals surface area contributed by atoms with Crippen LogP contribution in [0.5, 0.6) is 0 Å². The molecule has 0 atom stereocenters. The Bertz CT molecular complexity index is 686. The number of halogens is 1. The monoisotopic (exact) mass is 364 g/mol. The number of aryl methyl sites for hydroxylation is 2. The minimum atomic E-state index is -0.247. The van der Waals surface area contributed by atoms with Crippen LogP contribution in [0.15, 0.2) is 18.2 Å². The molecule has 2 saturated heterocycles. The molecule has 0 aromatic heterocycles. The molecule has 0 bridgehead atoms. The molecule has 134 valence electrons. The van der Waals surface area contributed by atoms with Gasteiger partial charge in [0.25, 0.3) is 5.24 Å². The number of hydrogen-bond acceptors (Lipinski definition) is 4. The Morgan fingerprint density at radius 3 is 2.60 bits per heavy atom. The second kappa shape index (κ2) is 7.56. The Morgan fingerprint density at radius 2 is 2.00 bits per heavy atom. The third kappa shape index (κ3) is 4.03. The fraction of sp³-hybridized carbons (Fsp3) is 0.500. The molecule has 7 heteroatoms. The molecular formula is C18H21FN2O3S. The Balaban J connectivity index is 1.49. The van der Waals surface area contributed by atoms with Gasteiger partial charge in [0.05, 0.1) is 5.75 Å². The molecule has 3 rings (SSSR count). The van der Waals surface area contributed by atoms with E-state index in [1.165, 1.54) is 11.0 Å². The van der Waals surface area contributed by atoms with Crippen LogP contribution in [0.2, 0.25) is 0 Å². The minimum absolute atomic E-state index is 0.0351. The van der Waals surface area contributed by atoms with Crippen molar-refractivity contribution in [3.8, 4) is 0 Å². The molecule has 3 amide bonds. The van der Waals surface area contributed by atoms with Gasteiger partial charge in [0, 0.05) is 25.6 Å². The normalized spacial score (nSPS) is 19.0. The summed E-state index contributed by atoms with van der Waals surface area (Å²) in [6, 6.07) is 4.96. The average molecular weight is 364 g/mol. The number of imide groups is 1. The van der Waals surface area contributed by atoms with Crippen LogP contribution in [0, 0.1) is 12.7 Å². The average Bonchev–Trinajstić information content (AvgIpc) is 2.94. The Labute approximate surface area is 150 Å². The van der Waals surface area contributed by atoms with Gasteiger partial charge in [-0.05, 0) is 43.4 Å². The van der Waals surface area contributed by atoms with Gasteiger partial charge in [0.15, 0.2) is 0 Å². The predicted molar refractivity (Wildman–Crippen MR) is 93.8 cm³/mol. The molecule has 0 spiro atoms. The lowest BCUT2D eigenvalue weighted by atomic mass is 10.0. The second-order valence-corrected chi connectivity index (χ2v) is 7.44. The summed E-state index contributed by atoms with van der Waals surface area (Å²) >= 11 is 1.05. The van der Waals surface area contributed by atoms with Crippen molar-refractivity contribution in [1.29, 1.82) is 0 Å². The maximum absolute atomic E-state index is 13.6. The molecule has 2 aliphatic heterocycles. The van der Waals surface area contributed by atoms with Gasteiger partial charge in [-0.2, -0.15) is 0 Å². The minimum Gasteiger partial charge on any atom is -0.343 e. The molecule has 0 aliphatic carbocycles. The van der Waals surface area contributed by atoms with Gasteiger partial charge in [-0.1, -0.05) is 23.9 Å². The van der Waals surface area contributed by atoms with Crippen LogP contribution in [0.4, 0.5) is 9.18 Å². The summed E-state index contributed by atoms with van der Waals surface area (Å²) in [6.45, 7) is 2.81. The van der Waals surface area contributed by atoms with E-state index >= 15 is 0 Å². The van der Waals surface area contributed by atoms with Crippen molar-refractivity contribution >= 4 is 28.8 Å². The van der Waals surface area contributed by atoms with E-state index in [0.717, 1.165) is 17.3 Å². The van der Waals surface area contributed by atoms with Crippen molar-refractivity contribution < 1.29 is 18.8 Å². The lowest BCUT2D eigenvalue weighted by molar-refractivity contribution is -0.133. The number of carbonyl (C=O) groups is 3. The molecule has 0 unspecified atom stereocenters. The van der Waals surface area contributed by atoms with E-state index in [2.05, 4.69) is 0 Å². The van der Waals surface area contributed by atoms with Crippen molar-refractivity contribution in [2.45, 2.75) is 38.6 Å². The van der Waals surface area contributed by atoms with E-state index in [0.29, 0.717) is 44.3 Å². The van der Waals surface area contributed by atoms with Gasteiger partial charge in [-0.25, -0.2) is 4.39 Å². The zero-order valence-electron chi connectivity index (χ0n) is 14.2. The van der Waals surface area contributed by atoms with Crippen LogP contribution >= 0.6 is 11.8 Å². The molecule has 0 N–H and O–H groups in total. The van der Waals surface area contributed by atoms with E-state index < -0.39 is 0 Å². The summed E-state index contributed by atoms with van der Waals surface area (Å²) in [5.41, 5.74) is 1.41. The van der Waals surface area contributed by atoms with Crippen LogP contribution < -0.4 is 0 Å². The van der Waals surface area contributed by atoms with Crippen LogP contribution in [-0.2, 0) is 16.0 Å². The molecule has 5 nitrogen and oxygen atoms in total. The van der Waals surface area contributed by atoms with Crippen molar-refractivity contribution in [2.75, 3.05) is 18.8 Å². The molecule has 25 heavy (non-hydrogen) atoms. The Kier molecular flexibility index (Phi) is 5.42. The fourth-order valence-corrected chi connectivity index (χ4v) is 4.07. The van der Waals surface area contributed by atoms with Crippen LogP contribution in [0.3, 0.4) is 0 Å². The van der Waals surface area contributed by atoms with Crippen molar-refractivity contribution in [3.63, 3.8) is 0 Å². The predicted octanol–water partition coefficient (Wildman–Crippen LogP) is 2.75. The lowest BCUT2D eigenvalue weighted by Gasteiger charge is -2.35. The van der Waals surface area contributed by atoms with Gasteiger partial charge in [-0.3, -0.25) is 19.3 Å². The zero-order valence-corrected chi connectivity index (χ0v) is 15.0. The highest BCUT2D eigenvalue weighted by Crippen LogP contribution is 2.27. The number of benzene rings is 1. The van der Waals surface area contributed by atoms with Gasteiger partial charge in [-0.15, -0.1) is 0 Å². The highest BCUT2D eigenvalue weighted by molar-refractivity contribution is 8.14. The summed E-state index contributed by atoms with van der Waals surface area (Å²) in [4.78, 5) is 39.1. The quantitative estimate of drug-likeness (QED) is 0.824. The molecule has 1 aromatic rings. The first-order valence-corrected chi connectivity index (χ1v) is 9.46. The Morgan fingerprint density at radius 1 is 1.28 bits per heavy atom. The molecular weight excluding hydrogens is 343 g/mol. The highest BCUT2D eigenvalue weighted by Gasteiger charge is 2.37. The number of rotatable bonds is 4. The maximum atomic E-state index is 13.6. The molecule has 1 aromatic carbocycles. The number of amides is 3. The number of hydrogen-bond donors (Lipinski definition) is 0. The summed E-state index contributed by atoms with van der Waals surface area (Å²) in [5, 5.41) is -0.170. The SMILES string of the molecule is Cc1ccc(CCC(=O)N2CCC(N3C(=O)CSC3=O)CC2)cc1F. The first kappa shape index (κ1) is 17.9. The third-order valence-electron chi connectivity index (χ3n) is 4.83. The van der Waals surface area contributed by atoms with Crippen LogP contribution in [0.25, 0.3) is 0 Å².